The van der Waals surface area contributed by atoms with Gasteiger partial charge in [-0.15, -0.1) is 0 Å². The zero-order valence-electron chi connectivity index (χ0n) is 9.05. The van der Waals surface area contributed by atoms with Gasteiger partial charge in [0.1, 0.15) is 0 Å². The fourth-order valence-electron chi connectivity index (χ4n) is 1.27. The van der Waals surface area contributed by atoms with Crippen LogP contribution in [0.2, 0.25) is 0 Å². The second kappa shape index (κ2) is 9.31. The summed E-state index contributed by atoms with van der Waals surface area (Å²) in [7, 11) is 0. The van der Waals surface area contributed by atoms with Gasteiger partial charge in [-0.2, -0.15) is 0 Å². The van der Waals surface area contributed by atoms with Gasteiger partial charge in [0, 0.05) is 0 Å². The van der Waals surface area contributed by atoms with E-state index in [9.17, 15) is 0 Å². The Morgan fingerprint density at radius 2 is 2.00 bits per heavy atom. The molecule has 0 fully saturated rings. The molecule has 0 atom stereocenters. The van der Waals surface area contributed by atoms with Crippen LogP contribution in [-0.2, 0) is 0 Å². The maximum absolute atomic E-state index is 3.66. The molecular formula is C13H22. The number of unbranched alkanes of at least 4 members (excludes halogenated alkanes) is 1. The predicted molar refractivity (Wildman–Crippen MR) is 61.9 cm³/mol. The molecule has 0 saturated carbocycles. The molecule has 0 aromatic heterocycles. The summed E-state index contributed by atoms with van der Waals surface area (Å²) < 4.78 is 0. The van der Waals surface area contributed by atoms with E-state index in [2.05, 4.69) is 32.6 Å². The first-order valence-electron chi connectivity index (χ1n) is 5.30. The number of allylic oxidation sites excluding steroid dienone is 5. The molecule has 0 radical (unpaired) electrons. The van der Waals surface area contributed by atoms with Crippen molar-refractivity contribution in [1.29, 1.82) is 0 Å². The average molecular weight is 178 g/mol. The Morgan fingerprint density at radius 1 is 1.23 bits per heavy atom. The van der Waals surface area contributed by atoms with E-state index in [4.69, 9.17) is 0 Å². The number of rotatable bonds is 7. The van der Waals surface area contributed by atoms with Crippen molar-refractivity contribution >= 4 is 0 Å². The second-order valence-electron chi connectivity index (χ2n) is 3.27. The Morgan fingerprint density at radius 3 is 2.54 bits per heavy atom. The van der Waals surface area contributed by atoms with Gasteiger partial charge in [-0.3, -0.25) is 0 Å². The fraction of sp³-hybridized carbons (Fsp3) is 0.538. The minimum absolute atomic E-state index is 1.10. The molecule has 0 rings (SSSR count). The smallest absolute Gasteiger partial charge is 0.0136 e. The van der Waals surface area contributed by atoms with Gasteiger partial charge < -0.3 is 0 Å². The molecule has 0 amide bonds. The molecule has 74 valence electrons. The van der Waals surface area contributed by atoms with Crippen LogP contribution >= 0.6 is 0 Å². The molecular weight excluding hydrogens is 156 g/mol. The molecule has 0 aliphatic heterocycles. The quantitative estimate of drug-likeness (QED) is 0.393. The van der Waals surface area contributed by atoms with Gasteiger partial charge in [-0.25, -0.2) is 0 Å². The first-order valence-corrected chi connectivity index (χ1v) is 5.30. The highest BCUT2D eigenvalue weighted by atomic mass is 14.0. The normalized spacial score (nSPS) is 12.3. The van der Waals surface area contributed by atoms with E-state index in [-0.39, 0.29) is 0 Å². The molecule has 0 N–H and O–H groups in total. The molecule has 0 aromatic carbocycles. The highest BCUT2D eigenvalue weighted by Crippen LogP contribution is 2.12. The summed E-state index contributed by atoms with van der Waals surface area (Å²) in [4.78, 5) is 0. The van der Waals surface area contributed by atoms with Gasteiger partial charge in [0.05, 0.1) is 0 Å². The van der Waals surface area contributed by atoms with Crippen LogP contribution in [0.3, 0.4) is 0 Å². The van der Waals surface area contributed by atoms with Gasteiger partial charge in [0.25, 0.3) is 0 Å². The van der Waals surface area contributed by atoms with Crippen molar-refractivity contribution in [2.45, 2.75) is 46.0 Å². The molecule has 0 spiro atoms. The van der Waals surface area contributed by atoms with Gasteiger partial charge in [-0.1, -0.05) is 63.1 Å². The SMILES string of the molecule is C=C/C=C/C/C(=C/CCC)CCC. The van der Waals surface area contributed by atoms with E-state index >= 15 is 0 Å². The summed E-state index contributed by atoms with van der Waals surface area (Å²) in [6.45, 7) is 8.11. The van der Waals surface area contributed by atoms with Crippen molar-refractivity contribution < 1.29 is 0 Å². The first-order chi connectivity index (χ1) is 6.35. The number of hydrogen-bond acceptors (Lipinski definition) is 0. The zero-order valence-corrected chi connectivity index (χ0v) is 9.05. The van der Waals surface area contributed by atoms with Gasteiger partial charge in [-0.05, 0) is 19.3 Å². The highest BCUT2D eigenvalue weighted by Gasteiger charge is 1.92. The summed E-state index contributed by atoms with van der Waals surface area (Å²) in [5.41, 5.74) is 1.57. The third-order valence-electron chi connectivity index (χ3n) is 1.95. The van der Waals surface area contributed by atoms with Crippen LogP contribution in [0.25, 0.3) is 0 Å². The van der Waals surface area contributed by atoms with Crippen LogP contribution in [0.15, 0.2) is 36.5 Å². The molecule has 13 heavy (non-hydrogen) atoms. The Kier molecular flexibility index (Phi) is 8.75. The third kappa shape index (κ3) is 7.58. The topological polar surface area (TPSA) is 0 Å². The van der Waals surface area contributed by atoms with Crippen LogP contribution in [-0.4, -0.2) is 0 Å². The van der Waals surface area contributed by atoms with Crippen molar-refractivity contribution in [3.05, 3.63) is 36.5 Å². The van der Waals surface area contributed by atoms with E-state index in [0.29, 0.717) is 0 Å². The molecule has 0 aromatic rings. The van der Waals surface area contributed by atoms with Crippen molar-refractivity contribution in [3.63, 3.8) is 0 Å². The maximum Gasteiger partial charge on any atom is -0.0136 e. The zero-order chi connectivity index (χ0) is 9.94. The molecule has 0 nitrogen and oxygen atoms in total. The Bertz CT molecular complexity index is 172. The molecule has 0 heterocycles. The summed E-state index contributed by atoms with van der Waals surface area (Å²) in [5.74, 6) is 0. The largest absolute Gasteiger partial charge is 0.0991 e. The summed E-state index contributed by atoms with van der Waals surface area (Å²) in [6.07, 6.45) is 14.5. The Balaban J connectivity index is 3.92. The lowest BCUT2D eigenvalue weighted by molar-refractivity contribution is 0.854. The lowest BCUT2D eigenvalue weighted by Gasteiger charge is -2.01. The number of hydrogen-bond donors (Lipinski definition) is 0. The monoisotopic (exact) mass is 178 g/mol. The van der Waals surface area contributed by atoms with Crippen molar-refractivity contribution in [2.75, 3.05) is 0 Å². The lowest BCUT2D eigenvalue weighted by atomic mass is 10.1. The highest BCUT2D eigenvalue weighted by molar-refractivity contribution is 5.10. The molecule has 0 aliphatic carbocycles. The van der Waals surface area contributed by atoms with E-state index in [1.807, 2.05) is 12.2 Å². The van der Waals surface area contributed by atoms with Crippen molar-refractivity contribution in [3.8, 4) is 0 Å². The minimum atomic E-state index is 1.10. The molecule has 0 saturated heterocycles. The van der Waals surface area contributed by atoms with Gasteiger partial charge in [0.15, 0.2) is 0 Å². The predicted octanol–water partition coefficient (Wildman–Crippen LogP) is 4.65. The Labute approximate surface area is 83.0 Å². The fourth-order valence-corrected chi connectivity index (χ4v) is 1.27. The second-order valence-corrected chi connectivity index (χ2v) is 3.27. The van der Waals surface area contributed by atoms with Crippen LogP contribution in [0.5, 0.6) is 0 Å². The third-order valence-corrected chi connectivity index (χ3v) is 1.95. The van der Waals surface area contributed by atoms with E-state index < -0.39 is 0 Å². The van der Waals surface area contributed by atoms with Gasteiger partial charge >= 0.3 is 0 Å². The van der Waals surface area contributed by atoms with Crippen LogP contribution < -0.4 is 0 Å². The lowest BCUT2D eigenvalue weighted by Crippen LogP contribution is -1.81. The van der Waals surface area contributed by atoms with E-state index in [1.165, 1.54) is 25.7 Å². The molecule has 0 unspecified atom stereocenters. The van der Waals surface area contributed by atoms with Gasteiger partial charge in [0.2, 0.25) is 0 Å². The summed E-state index contributed by atoms with van der Waals surface area (Å²) in [6, 6.07) is 0. The van der Waals surface area contributed by atoms with Crippen LogP contribution in [0, 0.1) is 0 Å². The minimum Gasteiger partial charge on any atom is -0.0991 e. The standard InChI is InChI=1S/C13H22/c1-4-7-9-12-13(10-6-3)11-8-5-2/h4,7,9,11H,1,5-6,8,10,12H2,2-3H3/b9-7+,13-11+. The van der Waals surface area contributed by atoms with Crippen LogP contribution in [0.4, 0.5) is 0 Å². The first kappa shape index (κ1) is 12.2. The Hall–Kier alpha value is -0.780. The van der Waals surface area contributed by atoms with E-state index in [0.717, 1.165) is 6.42 Å². The molecule has 0 heteroatoms. The summed E-state index contributed by atoms with van der Waals surface area (Å²) in [5, 5.41) is 0. The van der Waals surface area contributed by atoms with Crippen LogP contribution in [0.1, 0.15) is 46.0 Å². The van der Waals surface area contributed by atoms with Crippen molar-refractivity contribution in [2.24, 2.45) is 0 Å². The molecule has 0 aliphatic rings. The maximum atomic E-state index is 3.66. The average Bonchev–Trinajstić information content (AvgIpc) is 2.14. The summed E-state index contributed by atoms with van der Waals surface area (Å²) >= 11 is 0. The molecule has 0 bridgehead atoms. The van der Waals surface area contributed by atoms with E-state index in [1.54, 1.807) is 5.57 Å². The van der Waals surface area contributed by atoms with Crippen molar-refractivity contribution in [1.82, 2.24) is 0 Å².